The molecule has 0 aliphatic carbocycles. The van der Waals surface area contributed by atoms with Crippen molar-refractivity contribution in [1.82, 2.24) is 0 Å². The topological polar surface area (TPSA) is 237 Å². The van der Waals surface area contributed by atoms with E-state index in [1.165, 1.54) is 89.9 Å². The van der Waals surface area contributed by atoms with Gasteiger partial charge in [-0.05, 0) is 96.3 Å². The van der Waals surface area contributed by atoms with E-state index in [0.29, 0.717) is 32.1 Å². The highest BCUT2D eigenvalue weighted by Crippen LogP contribution is 2.45. The Morgan fingerprint density at radius 1 is 0.296 bits per heavy atom. The summed E-state index contributed by atoms with van der Waals surface area (Å²) in [4.78, 5) is 72.7. The van der Waals surface area contributed by atoms with Gasteiger partial charge < -0.3 is 33.8 Å². The zero-order chi connectivity index (χ0) is 71.8. The fourth-order valence-electron chi connectivity index (χ4n) is 10.0. The number of hydrogen-bond acceptors (Lipinski definition) is 15. The third-order valence-electron chi connectivity index (χ3n) is 15.8. The molecule has 5 atom stereocenters. The van der Waals surface area contributed by atoms with Gasteiger partial charge >= 0.3 is 39.5 Å². The van der Waals surface area contributed by atoms with Crippen LogP contribution in [0, 0.1) is 0 Å². The molecule has 0 heterocycles. The SMILES string of the molecule is CC/C=C\C/C=C\C/C=C\C/C=C\C/C=C\C/C=C\CCC(=O)OCC(COP(=O)(O)OCC(O)COP(=O)(O)OCC(COC(=O)CCCCCCC/C=C\C/C=C\C/C=C\CC)OC(=O)CCCCCCCCCCCCC)OC(=O)CCCCCCCCCCCCCCC. The van der Waals surface area contributed by atoms with E-state index in [2.05, 4.69) is 119 Å². The molecule has 0 aliphatic heterocycles. The third-order valence-corrected chi connectivity index (χ3v) is 17.7. The monoisotopic (exact) mass is 1420 g/mol. The number of unbranched alkanes of at least 4 members (excludes halogenated alkanes) is 27. The molecule has 0 aliphatic rings. The Morgan fingerprint density at radius 3 is 0.878 bits per heavy atom. The molecule has 0 fully saturated rings. The predicted molar refractivity (Wildman–Crippen MR) is 399 cm³/mol. The highest BCUT2D eigenvalue weighted by molar-refractivity contribution is 7.47. The number of allylic oxidation sites excluding steroid dienone is 18. The lowest BCUT2D eigenvalue weighted by Crippen LogP contribution is -2.30. The summed E-state index contributed by atoms with van der Waals surface area (Å²) in [5.74, 6) is -2.28. The number of esters is 4. The van der Waals surface area contributed by atoms with Crippen LogP contribution in [0.5, 0.6) is 0 Å². The Kier molecular flexibility index (Phi) is 68.0. The molecule has 5 unspecified atom stereocenters. The van der Waals surface area contributed by atoms with Crippen molar-refractivity contribution in [1.29, 1.82) is 0 Å². The number of carbonyl (C=O) groups is 4. The summed E-state index contributed by atoms with van der Waals surface area (Å²) in [6.45, 7) is 4.55. The number of phosphoric ester groups is 2. The van der Waals surface area contributed by atoms with Crippen molar-refractivity contribution in [2.75, 3.05) is 39.6 Å². The molecule has 0 amide bonds. The van der Waals surface area contributed by atoms with Crippen LogP contribution in [0.4, 0.5) is 0 Å². The summed E-state index contributed by atoms with van der Waals surface area (Å²) >= 11 is 0. The minimum absolute atomic E-state index is 0.0372. The second kappa shape index (κ2) is 71.1. The number of aliphatic hydroxyl groups excluding tert-OH is 1. The van der Waals surface area contributed by atoms with Crippen LogP contribution in [-0.2, 0) is 65.4 Å². The Bertz CT molecular complexity index is 2290. The van der Waals surface area contributed by atoms with Crippen LogP contribution in [0.3, 0.4) is 0 Å². The van der Waals surface area contributed by atoms with E-state index < -0.39 is 97.5 Å². The Morgan fingerprint density at radius 2 is 0.551 bits per heavy atom. The van der Waals surface area contributed by atoms with Crippen molar-refractivity contribution in [2.24, 2.45) is 0 Å². The summed E-state index contributed by atoms with van der Waals surface area (Å²) in [6.07, 6.45) is 75.3. The Labute approximate surface area is 594 Å². The first-order valence-corrected chi connectivity index (χ1v) is 41.1. The molecule has 0 aromatic heterocycles. The summed E-state index contributed by atoms with van der Waals surface area (Å²) < 4.78 is 68.3. The van der Waals surface area contributed by atoms with E-state index in [9.17, 15) is 43.2 Å². The van der Waals surface area contributed by atoms with E-state index >= 15 is 0 Å². The zero-order valence-electron chi connectivity index (χ0n) is 61.4. The van der Waals surface area contributed by atoms with Gasteiger partial charge in [-0.25, -0.2) is 9.13 Å². The van der Waals surface area contributed by atoms with Gasteiger partial charge in [-0.3, -0.25) is 37.3 Å². The van der Waals surface area contributed by atoms with Gasteiger partial charge in [-0.1, -0.05) is 298 Å². The number of phosphoric acid groups is 2. The first kappa shape index (κ1) is 93.7. The number of hydrogen-bond donors (Lipinski definition) is 3. The van der Waals surface area contributed by atoms with Crippen LogP contribution in [0.15, 0.2) is 109 Å². The molecule has 564 valence electrons. The molecule has 0 aromatic rings. The average molecular weight is 1420 g/mol. The summed E-state index contributed by atoms with van der Waals surface area (Å²) in [7, 11) is -9.96. The number of rotatable bonds is 71. The third kappa shape index (κ3) is 70.2. The van der Waals surface area contributed by atoms with Gasteiger partial charge in [0.15, 0.2) is 12.2 Å². The minimum Gasteiger partial charge on any atom is -0.462 e. The standard InChI is InChI=1S/C79H136O17P2/c1-5-9-13-17-21-25-29-32-34-35-36-37-39-42-45-48-52-56-60-64-77(82)90-70-75(96-79(84)66-62-58-54-50-46-40-31-27-23-19-15-11-7-3)72-94-98(87,88)92-68-73(80)67-91-97(85,86)93-71-74(95-78(83)65-61-57-53-49-43-28-24-20-16-12-8-4)69-89-76(81)63-59-55-51-47-44-41-38-33-30-26-22-18-14-10-6-2/h9-10,13-14,21-22,25-26,32-34,36-38,42,45,52,56,73-75,80H,5-8,11-12,15-20,23-24,27-31,35,39-41,43-44,46-51,53-55,57-72H2,1-4H3,(H,85,86)(H,87,88)/b13-9-,14-10-,25-21-,26-22-,34-32-,37-36-,38-33-,45-42-,56-52-. The number of aliphatic hydroxyl groups is 1. The molecule has 0 rings (SSSR count). The lowest BCUT2D eigenvalue weighted by molar-refractivity contribution is -0.161. The van der Waals surface area contributed by atoms with Crippen molar-refractivity contribution in [3.05, 3.63) is 109 Å². The molecule has 0 saturated heterocycles. The number of carbonyl (C=O) groups excluding carboxylic acids is 4. The van der Waals surface area contributed by atoms with Gasteiger partial charge in [0.2, 0.25) is 0 Å². The van der Waals surface area contributed by atoms with Crippen LogP contribution in [0.25, 0.3) is 0 Å². The van der Waals surface area contributed by atoms with Crippen LogP contribution >= 0.6 is 15.6 Å². The molecule has 0 radical (unpaired) electrons. The van der Waals surface area contributed by atoms with Crippen LogP contribution < -0.4 is 0 Å². The zero-order valence-corrected chi connectivity index (χ0v) is 63.2. The molecule has 98 heavy (non-hydrogen) atoms. The maximum absolute atomic E-state index is 13.1. The smallest absolute Gasteiger partial charge is 0.462 e. The first-order chi connectivity index (χ1) is 47.7. The van der Waals surface area contributed by atoms with E-state index in [1.54, 1.807) is 0 Å². The molecule has 3 N–H and O–H groups in total. The van der Waals surface area contributed by atoms with Crippen LogP contribution in [0.2, 0.25) is 0 Å². The van der Waals surface area contributed by atoms with E-state index in [-0.39, 0.29) is 25.7 Å². The van der Waals surface area contributed by atoms with Gasteiger partial charge in [0, 0.05) is 25.7 Å². The molecule has 0 bridgehead atoms. The molecule has 19 heteroatoms. The first-order valence-electron chi connectivity index (χ1n) is 38.1. The van der Waals surface area contributed by atoms with E-state index in [0.717, 1.165) is 135 Å². The van der Waals surface area contributed by atoms with Gasteiger partial charge in [-0.2, -0.15) is 0 Å². The van der Waals surface area contributed by atoms with Crippen molar-refractivity contribution in [3.8, 4) is 0 Å². The van der Waals surface area contributed by atoms with Crippen molar-refractivity contribution in [2.45, 2.75) is 329 Å². The second-order valence-electron chi connectivity index (χ2n) is 25.2. The summed E-state index contributed by atoms with van der Waals surface area (Å²) in [6, 6.07) is 0. The highest BCUT2D eigenvalue weighted by atomic mass is 31.2. The van der Waals surface area contributed by atoms with Crippen molar-refractivity contribution >= 4 is 39.5 Å². The van der Waals surface area contributed by atoms with Crippen LogP contribution in [-0.4, -0.2) is 96.7 Å². The van der Waals surface area contributed by atoms with Gasteiger partial charge in [0.25, 0.3) is 0 Å². The van der Waals surface area contributed by atoms with Crippen molar-refractivity contribution < 1.29 is 80.2 Å². The maximum atomic E-state index is 13.1. The molecule has 0 aromatic carbocycles. The summed E-state index contributed by atoms with van der Waals surface area (Å²) in [5.41, 5.74) is 0. The predicted octanol–water partition coefficient (Wildman–Crippen LogP) is 21.8. The molecular formula is C79H136O17P2. The molecule has 0 saturated carbocycles. The lowest BCUT2D eigenvalue weighted by Gasteiger charge is -2.21. The van der Waals surface area contributed by atoms with Gasteiger partial charge in [0.05, 0.1) is 26.4 Å². The fourth-order valence-corrected chi connectivity index (χ4v) is 11.6. The van der Waals surface area contributed by atoms with E-state index in [4.69, 9.17) is 37.0 Å². The van der Waals surface area contributed by atoms with Gasteiger partial charge in [-0.15, -0.1) is 0 Å². The van der Waals surface area contributed by atoms with E-state index in [1.807, 2.05) is 18.2 Å². The normalized spacial score (nSPS) is 14.6. The van der Waals surface area contributed by atoms with Crippen molar-refractivity contribution in [3.63, 3.8) is 0 Å². The Hall–Kier alpha value is -4.28. The maximum Gasteiger partial charge on any atom is 0.472 e. The molecule has 0 spiro atoms. The number of ether oxygens (including phenoxy) is 4. The van der Waals surface area contributed by atoms with Gasteiger partial charge in [0.1, 0.15) is 19.3 Å². The fraction of sp³-hybridized carbons (Fsp3) is 0.722. The lowest BCUT2D eigenvalue weighted by atomic mass is 10.0. The Balaban J connectivity index is 5.37. The highest BCUT2D eigenvalue weighted by Gasteiger charge is 2.30. The quantitative estimate of drug-likeness (QED) is 0.0169. The minimum atomic E-state index is -4.99. The average Bonchev–Trinajstić information content (AvgIpc) is 0.972. The molecular weight excluding hydrogens is 1280 g/mol. The second-order valence-corrected chi connectivity index (χ2v) is 28.1. The summed E-state index contributed by atoms with van der Waals surface area (Å²) in [5, 5.41) is 10.6. The molecule has 17 nitrogen and oxygen atoms in total. The van der Waals surface area contributed by atoms with Crippen LogP contribution in [0.1, 0.15) is 310 Å². The largest absolute Gasteiger partial charge is 0.472 e.